The molecule has 0 bridgehead atoms. The van der Waals surface area contributed by atoms with Crippen LogP contribution in [0.5, 0.6) is 0 Å². The molecule has 21 heavy (non-hydrogen) atoms. The molecule has 0 aromatic carbocycles. The van der Waals surface area contributed by atoms with Gasteiger partial charge in [0.05, 0.1) is 6.61 Å². The molecular formula is C14H18F3N3O. The number of methoxy groups -OCH3 is 1. The molecule has 0 amide bonds. The Labute approximate surface area is 120 Å². The zero-order chi connectivity index (χ0) is 15.3. The lowest BCUT2D eigenvalue weighted by atomic mass is 10.1. The summed E-state index contributed by atoms with van der Waals surface area (Å²) in [6.45, 7) is 0.722. The first kappa shape index (κ1) is 15.8. The molecule has 0 aliphatic carbocycles. The molecule has 7 heteroatoms. The van der Waals surface area contributed by atoms with Crippen molar-refractivity contribution in [3.05, 3.63) is 30.1 Å². The van der Waals surface area contributed by atoms with Crippen LogP contribution in [0.4, 0.5) is 13.2 Å². The van der Waals surface area contributed by atoms with E-state index in [1.807, 2.05) is 12.1 Å². The largest absolute Gasteiger partial charge is 0.389 e. The van der Waals surface area contributed by atoms with Crippen molar-refractivity contribution in [2.75, 3.05) is 13.7 Å². The summed E-state index contributed by atoms with van der Waals surface area (Å²) in [6.07, 6.45) is -1.49. The molecule has 0 spiro atoms. The minimum absolute atomic E-state index is 0.00129. The first-order valence-electron chi connectivity index (χ1n) is 6.69. The fourth-order valence-corrected chi connectivity index (χ4v) is 2.21. The lowest BCUT2D eigenvalue weighted by Crippen LogP contribution is -2.34. The number of ether oxygens (including phenoxy) is 1. The van der Waals surface area contributed by atoms with E-state index in [0.29, 0.717) is 6.54 Å². The molecule has 0 aliphatic rings. The van der Waals surface area contributed by atoms with Crippen molar-refractivity contribution in [3.8, 4) is 0 Å². The quantitative estimate of drug-likeness (QED) is 0.826. The van der Waals surface area contributed by atoms with Gasteiger partial charge in [0, 0.05) is 43.9 Å². The number of hydrogen-bond donors (Lipinski definition) is 2. The third-order valence-electron chi connectivity index (χ3n) is 3.28. The summed E-state index contributed by atoms with van der Waals surface area (Å²) in [5.41, 5.74) is 1.77. The van der Waals surface area contributed by atoms with Crippen LogP contribution in [0.15, 0.2) is 24.5 Å². The van der Waals surface area contributed by atoms with Crippen LogP contribution in [0.1, 0.15) is 18.4 Å². The maximum atomic E-state index is 12.3. The second kappa shape index (κ2) is 6.91. The maximum Gasteiger partial charge on any atom is 0.389 e. The summed E-state index contributed by atoms with van der Waals surface area (Å²) >= 11 is 0. The van der Waals surface area contributed by atoms with Crippen LogP contribution in [-0.4, -0.2) is 35.9 Å². The number of nitrogens with one attached hydrogen (secondary N) is 2. The number of rotatable bonds is 7. The molecule has 2 aromatic heterocycles. The van der Waals surface area contributed by atoms with E-state index in [0.717, 1.165) is 16.6 Å². The summed E-state index contributed by atoms with van der Waals surface area (Å²) in [5, 5.41) is 4.09. The van der Waals surface area contributed by atoms with Crippen molar-refractivity contribution in [2.45, 2.75) is 31.6 Å². The summed E-state index contributed by atoms with van der Waals surface area (Å²) in [6, 6.07) is 3.43. The van der Waals surface area contributed by atoms with Gasteiger partial charge in [-0.25, -0.2) is 4.98 Å². The number of pyridine rings is 1. The summed E-state index contributed by atoms with van der Waals surface area (Å²) in [7, 11) is 1.49. The molecule has 0 fully saturated rings. The predicted octanol–water partition coefficient (Wildman–Crippen LogP) is 3.01. The van der Waals surface area contributed by atoms with Crippen LogP contribution in [-0.2, 0) is 11.3 Å². The van der Waals surface area contributed by atoms with Crippen molar-refractivity contribution >= 4 is 11.0 Å². The van der Waals surface area contributed by atoms with E-state index in [1.54, 1.807) is 12.4 Å². The van der Waals surface area contributed by atoms with E-state index < -0.39 is 12.6 Å². The summed E-state index contributed by atoms with van der Waals surface area (Å²) in [5.74, 6) is 0. The fourth-order valence-electron chi connectivity index (χ4n) is 2.21. The monoisotopic (exact) mass is 301 g/mol. The first-order valence-corrected chi connectivity index (χ1v) is 6.69. The predicted molar refractivity (Wildman–Crippen MR) is 73.9 cm³/mol. The highest BCUT2D eigenvalue weighted by Gasteiger charge is 2.28. The Hall–Kier alpha value is -1.60. The van der Waals surface area contributed by atoms with Gasteiger partial charge in [0.1, 0.15) is 5.65 Å². The Balaban J connectivity index is 1.96. The Bertz CT molecular complexity index is 568. The van der Waals surface area contributed by atoms with Crippen LogP contribution in [0, 0.1) is 0 Å². The molecule has 0 aliphatic heterocycles. The van der Waals surface area contributed by atoms with Gasteiger partial charge >= 0.3 is 6.18 Å². The molecule has 2 aromatic rings. The number of aromatic nitrogens is 2. The molecule has 0 saturated heterocycles. The minimum atomic E-state index is -4.14. The molecule has 2 heterocycles. The highest BCUT2D eigenvalue weighted by molar-refractivity contribution is 5.79. The van der Waals surface area contributed by atoms with Crippen molar-refractivity contribution in [1.82, 2.24) is 15.3 Å². The summed E-state index contributed by atoms with van der Waals surface area (Å²) < 4.78 is 41.9. The number of nitrogens with zero attached hydrogens (tertiary/aromatic N) is 1. The van der Waals surface area contributed by atoms with E-state index >= 15 is 0 Å². The Morgan fingerprint density at radius 3 is 2.90 bits per heavy atom. The zero-order valence-electron chi connectivity index (χ0n) is 11.7. The first-order chi connectivity index (χ1) is 9.99. The highest BCUT2D eigenvalue weighted by atomic mass is 19.4. The van der Waals surface area contributed by atoms with Gasteiger partial charge in [-0.3, -0.25) is 0 Å². The normalized spacial score (nSPS) is 13.7. The molecule has 116 valence electrons. The van der Waals surface area contributed by atoms with Crippen LogP contribution < -0.4 is 5.32 Å². The van der Waals surface area contributed by atoms with Crippen LogP contribution in [0.25, 0.3) is 11.0 Å². The minimum Gasteiger partial charge on any atom is -0.383 e. The number of fused-ring (bicyclic) bond motifs is 1. The number of halogens is 3. The zero-order valence-corrected chi connectivity index (χ0v) is 11.7. The second-order valence-corrected chi connectivity index (χ2v) is 4.90. The Morgan fingerprint density at radius 2 is 2.19 bits per heavy atom. The number of hydrogen-bond acceptors (Lipinski definition) is 3. The average Bonchev–Trinajstić information content (AvgIpc) is 2.90. The van der Waals surface area contributed by atoms with Gasteiger partial charge < -0.3 is 15.0 Å². The lowest BCUT2D eigenvalue weighted by Gasteiger charge is -2.19. The van der Waals surface area contributed by atoms with Crippen molar-refractivity contribution in [2.24, 2.45) is 0 Å². The van der Waals surface area contributed by atoms with Gasteiger partial charge in [-0.1, -0.05) is 0 Å². The van der Waals surface area contributed by atoms with E-state index in [1.165, 1.54) is 7.11 Å². The molecule has 1 unspecified atom stereocenters. The molecular weight excluding hydrogens is 283 g/mol. The summed E-state index contributed by atoms with van der Waals surface area (Å²) in [4.78, 5) is 7.18. The lowest BCUT2D eigenvalue weighted by molar-refractivity contribution is -0.137. The topological polar surface area (TPSA) is 49.9 Å². The molecule has 2 N–H and O–H groups in total. The maximum absolute atomic E-state index is 12.3. The van der Waals surface area contributed by atoms with Crippen molar-refractivity contribution < 1.29 is 17.9 Å². The van der Waals surface area contributed by atoms with E-state index in [4.69, 9.17) is 4.74 Å². The van der Waals surface area contributed by atoms with Crippen molar-refractivity contribution in [3.63, 3.8) is 0 Å². The molecule has 1 atom stereocenters. The van der Waals surface area contributed by atoms with E-state index in [9.17, 15) is 13.2 Å². The highest BCUT2D eigenvalue weighted by Crippen LogP contribution is 2.22. The van der Waals surface area contributed by atoms with Gasteiger partial charge in [-0.15, -0.1) is 0 Å². The SMILES string of the molecule is COCC(CCC(F)(F)F)NCc1ccnc2[nH]ccc12. The van der Waals surface area contributed by atoms with Crippen LogP contribution >= 0.6 is 0 Å². The number of aromatic amines is 1. The van der Waals surface area contributed by atoms with E-state index in [-0.39, 0.29) is 19.1 Å². The van der Waals surface area contributed by atoms with Gasteiger partial charge in [0.15, 0.2) is 0 Å². The molecule has 0 saturated carbocycles. The van der Waals surface area contributed by atoms with Gasteiger partial charge in [-0.2, -0.15) is 13.2 Å². The third-order valence-corrected chi connectivity index (χ3v) is 3.28. The number of alkyl halides is 3. The Kier molecular flexibility index (Phi) is 5.19. The molecule has 4 nitrogen and oxygen atoms in total. The smallest absolute Gasteiger partial charge is 0.383 e. The second-order valence-electron chi connectivity index (χ2n) is 4.90. The van der Waals surface area contributed by atoms with Crippen LogP contribution in [0.3, 0.4) is 0 Å². The van der Waals surface area contributed by atoms with E-state index in [2.05, 4.69) is 15.3 Å². The standard InChI is InChI=1S/C14H18F3N3O/c1-21-9-11(2-5-14(15,16)17)20-8-10-3-6-18-13-12(10)4-7-19-13/h3-4,6-7,11,20H,2,5,8-9H2,1H3,(H,18,19). The third kappa shape index (κ3) is 4.71. The van der Waals surface area contributed by atoms with Crippen molar-refractivity contribution in [1.29, 1.82) is 0 Å². The molecule has 0 radical (unpaired) electrons. The Morgan fingerprint density at radius 1 is 1.38 bits per heavy atom. The molecule has 2 rings (SSSR count). The fraction of sp³-hybridized carbons (Fsp3) is 0.500. The van der Waals surface area contributed by atoms with Crippen LogP contribution in [0.2, 0.25) is 0 Å². The van der Waals surface area contributed by atoms with Gasteiger partial charge in [0.25, 0.3) is 0 Å². The number of H-pyrrole nitrogens is 1. The average molecular weight is 301 g/mol. The van der Waals surface area contributed by atoms with Gasteiger partial charge in [0.2, 0.25) is 0 Å². The van der Waals surface area contributed by atoms with Gasteiger partial charge in [-0.05, 0) is 24.1 Å².